The molecule has 1 heterocycles. The van der Waals surface area contributed by atoms with E-state index in [1.54, 1.807) is 19.1 Å². The Hall–Kier alpha value is -2.48. The van der Waals surface area contributed by atoms with E-state index in [2.05, 4.69) is 5.32 Å². The van der Waals surface area contributed by atoms with Crippen LogP contribution in [0.4, 0.5) is 0 Å². The van der Waals surface area contributed by atoms with Crippen LogP contribution in [0, 0.1) is 5.92 Å². The highest BCUT2D eigenvalue weighted by Crippen LogP contribution is 2.38. The number of amides is 2. The van der Waals surface area contributed by atoms with Gasteiger partial charge in [-0.2, -0.15) is 0 Å². The first kappa shape index (κ1) is 21.8. The van der Waals surface area contributed by atoms with Crippen molar-refractivity contribution in [1.29, 1.82) is 0 Å². The standard InChI is InChI=1S/C20H31N3O5/c1-13(2)18(21)20(25)22-12-17(24)23-10-8-14(9-11-23)28-19-15(26-3)6-5-7-16(19)27-4/h5-7,13-14,18H,8-12,21H2,1-4H3,(H,22,25)/t18-/m0/s1. The van der Waals surface area contributed by atoms with Crippen molar-refractivity contribution < 1.29 is 23.8 Å². The molecule has 2 amide bonds. The molecule has 1 fully saturated rings. The molecule has 3 N–H and O–H groups in total. The number of hydrogen-bond donors (Lipinski definition) is 2. The van der Waals surface area contributed by atoms with Crippen molar-refractivity contribution in [2.45, 2.75) is 38.8 Å². The van der Waals surface area contributed by atoms with Gasteiger partial charge in [0.1, 0.15) is 6.10 Å². The summed E-state index contributed by atoms with van der Waals surface area (Å²) in [5, 5.41) is 2.62. The van der Waals surface area contributed by atoms with E-state index in [9.17, 15) is 9.59 Å². The first-order valence-corrected chi connectivity index (χ1v) is 9.56. The molecule has 0 radical (unpaired) electrons. The van der Waals surface area contributed by atoms with Gasteiger partial charge in [-0.15, -0.1) is 0 Å². The van der Waals surface area contributed by atoms with Gasteiger partial charge in [-0.25, -0.2) is 0 Å². The molecule has 0 unspecified atom stereocenters. The molecule has 0 aliphatic carbocycles. The number of para-hydroxylation sites is 1. The third-order valence-corrected chi connectivity index (χ3v) is 4.90. The molecule has 0 aromatic heterocycles. The number of piperidine rings is 1. The summed E-state index contributed by atoms with van der Waals surface area (Å²) in [4.78, 5) is 26.0. The fourth-order valence-corrected chi connectivity index (χ4v) is 3.02. The van der Waals surface area contributed by atoms with Crippen LogP contribution in [-0.2, 0) is 9.59 Å². The molecule has 1 aliphatic rings. The molecular weight excluding hydrogens is 362 g/mol. The summed E-state index contributed by atoms with van der Waals surface area (Å²) < 4.78 is 16.8. The highest BCUT2D eigenvalue weighted by Gasteiger charge is 2.26. The maximum absolute atomic E-state index is 12.4. The Morgan fingerprint density at radius 1 is 1.18 bits per heavy atom. The second-order valence-electron chi connectivity index (χ2n) is 7.18. The molecule has 156 valence electrons. The molecule has 0 bridgehead atoms. The van der Waals surface area contributed by atoms with Crippen molar-refractivity contribution in [2.24, 2.45) is 11.7 Å². The second-order valence-corrected chi connectivity index (χ2v) is 7.18. The van der Waals surface area contributed by atoms with E-state index < -0.39 is 6.04 Å². The van der Waals surface area contributed by atoms with E-state index in [4.69, 9.17) is 19.9 Å². The Labute approximate surface area is 166 Å². The van der Waals surface area contributed by atoms with Gasteiger partial charge in [-0.3, -0.25) is 9.59 Å². The number of nitrogens with two attached hydrogens (primary N) is 1. The van der Waals surface area contributed by atoms with E-state index in [1.807, 2.05) is 32.0 Å². The fourth-order valence-electron chi connectivity index (χ4n) is 3.02. The average Bonchev–Trinajstić information content (AvgIpc) is 2.71. The second kappa shape index (κ2) is 10.2. The Kier molecular flexibility index (Phi) is 7.92. The number of carbonyl (C=O) groups is 2. The maximum atomic E-state index is 12.4. The van der Waals surface area contributed by atoms with Gasteiger partial charge in [0, 0.05) is 25.9 Å². The van der Waals surface area contributed by atoms with Crippen LogP contribution >= 0.6 is 0 Å². The lowest BCUT2D eigenvalue weighted by Crippen LogP contribution is -2.49. The minimum atomic E-state index is -0.609. The van der Waals surface area contributed by atoms with Crippen LogP contribution in [0.15, 0.2) is 18.2 Å². The summed E-state index contributed by atoms with van der Waals surface area (Å²) in [5.41, 5.74) is 5.79. The number of benzene rings is 1. The molecule has 8 heteroatoms. The molecule has 28 heavy (non-hydrogen) atoms. The summed E-state index contributed by atoms with van der Waals surface area (Å²) in [6.07, 6.45) is 1.33. The average molecular weight is 393 g/mol. The highest BCUT2D eigenvalue weighted by atomic mass is 16.5. The van der Waals surface area contributed by atoms with E-state index in [-0.39, 0.29) is 30.4 Å². The zero-order valence-corrected chi connectivity index (χ0v) is 17.1. The van der Waals surface area contributed by atoms with Crippen LogP contribution in [0.3, 0.4) is 0 Å². The van der Waals surface area contributed by atoms with Crippen molar-refractivity contribution >= 4 is 11.8 Å². The lowest BCUT2D eigenvalue weighted by molar-refractivity contribution is -0.134. The molecule has 1 aromatic carbocycles. The van der Waals surface area contributed by atoms with Gasteiger partial charge < -0.3 is 30.2 Å². The van der Waals surface area contributed by atoms with E-state index in [1.165, 1.54) is 0 Å². The Bertz CT molecular complexity index is 650. The van der Waals surface area contributed by atoms with Gasteiger partial charge in [-0.1, -0.05) is 19.9 Å². The number of carbonyl (C=O) groups excluding carboxylic acids is 2. The van der Waals surface area contributed by atoms with Crippen molar-refractivity contribution in [1.82, 2.24) is 10.2 Å². The Balaban J connectivity index is 1.85. The molecule has 1 aromatic rings. The summed E-state index contributed by atoms with van der Waals surface area (Å²) in [7, 11) is 3.17. The normalized spacial score (nSPS) is 15.9. The zero-order valence-electron chi connectivity index (χ0n) is 17.1. The summed E-state index contributed by atoms with van der Waals surface area (Å²) >= 11 is 0. The zero-order chi connectivity index (χ0) is 20.7. The van der Waals surface area contributed by atoms with Gasteiger partial charge in [-0.05, 0) is 18.1 Å². The lowest BCUT2D eigenvalue weighted by Gasteiger charge is -2.32. The van der Waals surface area contributed by atoms with Gasteiger partial charge in [0.05, 0.1) is 26.8 Å². The van der Waals surface area contributed by atoms with Gasteiger partial charge >= 0.3 is 0 Å². The van der Waals surface area contributed by atoms with Crippen LogP contribution < -0.4 is 25.3 Å². The molecular formula is C20H31N3O5. The number of methoxy groups -OCH3 is 2. The van der Waals surface area contributed by atoms with Crippen molar-refractivity contribution in [3.8, 4) is 17.2 Å². The third kappa shape index (κ3) is 5.51. The lowest BCUT2D eigenvalue weighted by atomic mass is 10.1. The van der Waals surface area contributed by atoms with Crippen molar-refractivity contribution in [3.05, 3.63) is 18.2 Å². The van der Waals surface area contributed by atoms with Crippen LogP contribution in [0.25, 0.3) is 0 Å². The highest BCUT2D eigenvalue weighted by molar-refractivity contribution is 5.87. The SMILES string of the molecule is COc1cccc(OC)c1OC1CCN(C(=O)CNC(=O)[C@@H](N)C(C)C)CC1. The molecule has 2 rings (SSSR count). The van der Waals surface area contributed by atoms with Crippen LogP contribution in [0.5, 0.6) is 17.2 Å². The Morgan fingerprint density at radius 2 is 1.75 bits per heavy atom. The summed E-state index contributed by atoms with van der Waals surface area (Å²) in [6.45, 7) is 4.83. The molecule has 0 spiro atoms. The predicted octanol–water partition coefficient (Wildman–Crippen LogP) is 1.17. The van der Waals surface area contributed by atoms with E-state index in [0.29, 0.717) is 43.2 Å². The largest absolute Gasteiger partial charge is 0.493 e. The van der Waals surface area contributed by atoms with Crippen LogP contribution in [0.2, 0.25) is 0 Å². The van der Waals surface area contributed by atoms with Gasteiger partial charge in [0.15, 0.2) is 11.5 Å². The van der Waals surface area contributed by atoms with Crippen molar-refractivity contribution in [3.63, 3.8) is 0 Å². The summed E-state index contributed by atoms with van der Waals surface area (Å²) in [5.74, 6) is 1.41. The predicted molar refractivity (Wildman–Crippen MR) is 106 cm³/mol. The fraction of sp³-hybridized carbons (Fsp3) is 0.600. The Morgan fingerprint density at radius 3 is 2.25 bits per heavy atom. The minimum Gasteiger partial charge on any atom is -0.493 e. The monoisotopic (exact) mass is 393 g/mol. The number of ether oxygens (including phenoxy) is 3. The number of hydrogen-bond acceptors (Lipinski definition) is 6. The number of nitrogens with zero attached hydrogens (tertiary/aromatic N) is 1. The van der Waals surface area contributed by atoms with Crippen LogP contribution in [-0.4, -0.2) is 62.7 Å². The first-order chi connectivity index (χ1) is 13.4. The van der Waals surface area contributed by atoms with Gasteiger partial charge in [0.25, 0.3) is 0 Å². The van der Waals surface area contributed by atoms with Crippen LogP contribution in [0.1, 0.15) is 26.7 Å². The third-order valence-electron chi connectivity index (χ3n) is 4.90. The number of nitrogens with one attached hydrogen (secondary N) is 1. The smallest absolute Gasteiger partial charge is 0.241 e. The number of rotatable bonds is 8. The molecule has 8 nitrogen and oxygen atoms in total. The van der Waals surface area contributed by atoms with E-state index >= 15 is 0 Å². The first-order valence-electron chi connectivity index (χ1n) is 9.56. The van der Waals surface area contributed by atoms with Crippen molar-refractivity contribution in [2.75, 3.05) is 33.9 Å². The minimum absolute atomic E-state index is 0.0231. The topological polar surface area (TPSA) is 103 Å². The molecule has 1 atom stereocenters. The van der Waals surface area contributed by atoms with E-state index in [0.717, 1.165) is 0 Å². The summed E-state index contributed by atoms with van der Waals surface area (Å²) in [6, 6.07) is 4.87. The maximum Gasteiger partial charge on any atom is 0.241 e. The molecule has 1 aliphatic heterocycles. The van der Waals surface area contributed by atoms with Gasteiger partial charge in [0.2, 0.25) is 17.6 Å². The quantitative estimate of drug-likeness (QED) is 0.687. The number of likely N-dealkylation sites (tertiary alicyclic amines) is 1. The molecule has 1 saturated heterocycles. The molecule has 0 saturated carbocycles.